The highest BCUT2D eigenvalue weighted by Crippen LogP contribution is 2.50. The van der Waals surface area contributed by atoms with Crippen LogP contribution in [0.4, 0.5) is 5.69 Å². The van der Waals surface area contributed by atoms with Gasteiger partial charge >= 0.3 is 5.97 Å². The van der Waals surface area contributed by atoms with Gasteiger partial charge in [-0.1, -0.05) is 30.3 Å². The maximum absolute atomic E-state index is 13.3. The molecule has 39 heavy (non-hydrogen) atoms. The molecule has 4 atom stereocenters. The fraction of sp³-hybridized carbons (Fsp3) is 0.308. The predicted octanol–water partition coefficient (Wildman–Crippen LogP) is 0.933. The molecular formula is C26H28N6O6S. The number of anilines is 1. The second kappa shape index (κ2) is 11.2. The van der Waals surface area contributed by atoms with Gasteiger partial charge in [-0.05, 0) is 43.7 Å². The van der Waals surface area contributed by atoms with E-state index in [-0.39, 0.29) is 0 Å². The van der Waals surface area contributed by atoms with Crippen LogP contribution in [0, 0.1) is 0 Å². The number of amides is 4. The minimum Gasteiger partial charge on any atom is -0.480 e. The van der Waals surface area contributed by atoms with Gasteiger partial charge in [-0.2, -0.15) is 5.10 Å². The Labute approximate surface area is 228 Å². The Morgan fingerprint density at radius 2 is 1.74 bits per heavy atom. The Kier molecular flexibility index (Phi) is 7.90. The van der Waals surface area contributed by atoms with Gasteiger partial charge in [0, 0.05) is 23.0 Å². The van der Waals surface area contributed by atoms with E-state index in [0.717, 1.165) is 11.9 Å². The average molecular weight is 553 g/mol. The lowest BCUT2D eigenvalue weighted by Gasteiger charge is -2.44. The molecule has 2 fully saturated rings. The first-order valence-electron chi connectivity index (χ1n) is 12.0. The molecule has 2 saturated heterocycles. The van der Waals surface area contributed by atoms with Crippen molar-refractivity contribution in [2.75, 3.05) is 12.4 Å². The van der Waals surface area contributed by atoms with E-state index in [1.807, 2.05) is 0 Å². The van der Waals surface area contributed by atoms with E-state index in [0.29, 0.717) is 11.1 Å². The summed E-state index contributed by atoms with van der Waals surface area (Å²) in [7, 11) is 1.75. The molecule has 0 radical (unpaired) electrons. The first kappa shape index (κ1) is 27.6. The van der Waals surface area contributed by atoms with Crippen molar-refractivity contribution in [3.05, 3.63) is 65.7 Å². The Morgan fingerprint density at radius 1 is 1.08 bits per heavy atom. The highest BCUT2D eigenvalue weighted by molar-refractivity contribution is 8.01. The van der Waals surface area contributed by atoms with Crippen LogP contribution in [0.1, 0.15) is 35.8 Å². The number of nitrogens with zero attached hydrogens (tertiary/aromatic N) is 2. The summed E-state index contributed by atoms with van der Waals surface area (Å²) >= 11 is 1.30. The Hall–Kier alpha value is -4.39. The van der Waals surface area contributed by atoms with Crippen LogP contribution in [-0.4, -0.2) is 75.1 Å². The molecule has 12 nitrogen and oxygen atoms in total. The van der Waals surface area contributed by atoms with Crippen LogP contribution in [0.25, 0.3) is 0 Å². The lowest BCUT2D eigenvalue weighted by Crippen LogP contribution is -2.71. The molecular weight excluding hydrogens is 524 g/mol. The normalized spacial score (nSPS) is 21.9. The number of hydrazone groups is 1. The first-order chi connectivity index (χ1) is 18.5. The van der Waals surface area contributed by atoms with E-state index < -0.39 is 57.8 Å². The van der Waals surface area contributed by atoms with Gasteiger partial charge in [0.15, 0.2) is 0 Å². The number of carbonyl (C=O) groups excluding carboxylic acids is 4. The zero-order chi connectivity index (χ0) is 28.3. The van der Waals surface area contributed by atoms with Gasteiger partial charge in [-0.25, -0.2) is 10.2 Å². The summed E-state index contributed by atoms with van der Waals surface area (Å²) in [6.45, 7) is 3.48. The van der Waals surface area contributed by atoms with Crippen LogP contribution in [0.5, 0.6) is 0 Å². The van der Waals surface area contributed by atoms with Crippen molar-refractivity contribution in [1.29, 1.82) is 0 Å². The summed E-state index contributed by atoms with van der Waals surface area (Å²) in [6, 6.07) is 11.9. The molecule has 2 aliphatic rings. The van der Waals surface area contributed by atoms with Crippen LogP contribution >= 0.6 is 11.8 Å². The van der Waals surface area contributed by atoms with Gasteiger partial charge in [0.05, 0.1) is 0 Å². The molecule has 0 saturated carbocycles. The van der Waals surface area contributed by atoms with Crippen LogP contribution in [-0.2, 0) is 19.2 Å². The summed E-state index contributed by atoms with van der Waals surface area (Å²) in [5, 5.41) is 20.9. The number of carboxylic acids is 1. The second-order valence-corrected chi connectivity index (χ2v) is 11.2. The van der Waals surface area contributed by atoms with Gasteiger partial charge < -0.3 is 26.0 Å². The second-order valence-electron chi connectivity index (χ2n) is 9.46. The molecule has 2 aromatic carbocycles. The lowest BCUT2D eigenvalue weighted by atomic mass is 9.95. The molecule has 204 valence electrons. The molecule has 4 rings (SSSR count). The Morgan fingerprint density at radius 3 is 2.36 bits per heavy atom. The van der Waals surface area contributed by atoms with Crippen molar-refractivity contribution in [3.63, 3.8) is 0 Å². The monoisotopic (exact) mass is 552 g/mol. The third kappa shape index (κ3) is 5.72. The largest absolute Gasteiger partial charge is 0.480 e. The van der Waals surface area contributed by atoms with E-state index in [1.165, 1.54) is 16.7 Å². The highest BCUT2D eigenvalue weighted by Gasteiger charge is 2.64. The van der Waals surface area contributed by atoms with E-state index in [4.69, 9.17) is 0 Å². The summed E-state index contributed by atoms with van der Waals surface area (Å²) in [4.78, 5) is 64.0. The number of carbonyl (C=O) groups is 5. The first-order valence-corrected chi connectivity index (χ1v) is 12.9. The van der Waals surface area contributed by atoms with Gasteiger partial charge in [-0.3, -0.25) is 19.2 Å². The average Bonchev–Trinajstić information content (AvgIpc) is 3.18. The number of hydrogen-bond acceptors (Lipinski definition) is 8. The molecule has 0 aliphatic carbocycles. The number of hydrogen-bond donors (Lipinski definition) is 5. The van der Waals surface area contributed by atoms with Crippen LogP contribution in [0.2, 0.25) is 0 Å². The Bertz CT molecular complexity index is 1320. The molecule has 0 bridgehead atoms. The number of nitrogens with one attached hydrogen (secondary N) is 4. The number of carboxylic acid groups (broad SMARTS) is 1. The number of fused-ring (bicyclic) bond motifs is 1. The van der Waals surface area contributed by atoms with Crippen LogP contribution < -0.4 is 21.4 Å². The number of thioether (sulfide) groups is 1. The molecule has 5 N–H and O–H groups in total. The zero-order valence-corrected chi connectivity index (χ0v) is 22.2. The van der Waals surface area contributed by atoms with Crippen LogP contribution in [0.3, 0.4) is 0 Å². The molecule has 2 aliphatic heterocycles. The van der Waals surface area contributed by atoms with Gasteiger partial charge in [0.25, 0.3) is 11.8 Å². The third-order valence-corrected chi connectivity index (χ3v) is 8.01. The molecule has 0 spiro atoms. The lowest BCUT2D eigenvalue weighted by molar-refractivity contribution is -0.161. The summed E-state index contributed by atoms with van der Waals surface area (Å²) in [5.41, 5.74) is 3.88. The minimum absolute atomic E-state index is 0.338. The maximum atomic E-state index is 13.3. The van der Waals surface area contributed by atoms with Gasteiger partial charge in [0.2, 0.25) is 11.8 Å². The van der Waals surface area contributed by atoms with E-state index in [1.54, 1.807) is 75.5 Å². The number of benzene rings is 2. The van der Waals surface area contributed by atoms with Crippen LogP contribution in [0.15, 0.2) is 59.7 Å². The number of β-lactam (4-membered cyclic amide) rings is 1. The van der Waals surface area contributed by atoms with E-state index >= 15 is 0 Å². The van der Waals surface area contributed by atoms with Crippen molar-refractivity contribution in [3.8, 4) is 0 Å². The quantitative estimate of drug-likeness (QED) is 0.174. The van der Waals surface area contributed by atoms with Crippen molar-refractivity contribution in [2.45, 2.75) is 42.1 Å². The minimum atomic E-state index is -1.17. The van der Waals surface area contributed by atoms with Gasteiger partial charge in [-0.15, -0.1) is 11.8 Å². The molecule has 0 aromatic heterocycles. The van der Waals surface area contributed by atoms with Crippen molar-refractivity contribution >= 4 is 53.3 Å². The number of rotatable bonds is 9. The third-order valence-electron chi connectivity index (χ3n) is 6.44. The standard InChI is InChI=1S/C26H28N6O6S/c1-26(2)20(25(37)38)32-23(36)19(24(32)39-26)30-22(35)18(14-7-5-4-6-8-14)29-17(33)13-28-31-21(34)15-9-11-16(27-3)12-10-15/h4-13,18-20,24,27H,1-3H3,(H,29,33)(H,30,35)(H,31,34)(H,37,38)/b28-13+/t18?,19?,20-,24+/m0/s1. The predicted molar refractivity (Wildman–Crippen MR) is 145 cm³/mol. The summed E-state index contributed by atoms with van der Waals surface area (Å²) < 4.78 is -0.742. The molecule has 2 unspecified atom stereocenters. The fourth-order valence-electron chi connectivity index (χ4n) is 4.51. The molecule has 13 heteroatoms. The van der Waals surface area contributed by atoms with Crippen molar-refractivity contribution in [1.82, 2.24) is 21.0 Å². The maximum Gasteiger partial charge on any atom is 0.327 e. The summed E-state index contributed by atoms with van der Waals surface area (Å²) in [6.07, 6.45) is 0.839. The topological polar surface area (TPSA) is 169 Å². The molecule has 4 amide bonds. The van der Waals surface area contributed by atoms with E-state index in [2.05, 4.69) is 26.5 Å². The Balaban J connectivity index is 1.41. The number of aliphatic carboxylic acids is 1. The zero-order valence-electron chi connectivity index (χ0n) is 21.4. The van der Waals surface area contributed by atoms with Crippen molar-refractivity contribution in [2.24, 2.45) is 5.10 Å². The highest BCUT2D eigenvalue weighted by atomic mass is 32.2. The SMILES string of the molecule is CNc1ccc(C(=O)N/N=C/C(=O)NC(C(=O)NC2C(=O)N3[C@@H]2SC(C)(C)[C@@H]3C(=O)O)c2ccccc2)cc1. The fourth-order valence-corrected chi connectivity index (χ4v) is 6.14. The van der Waals surface area contributed by atoms with Crippen molar-refractivity contribution < 1.29 is 29.1 Å². The smallest absolute Gasteiger partial charge is 0.327 e. The molecule has 2 heterocycles. The molecule has 2 aromatic rings. The van der Waals surface area contributed by atoms with Gasteiger partial charge in [0.1, 0.15) is 29.7 Å². The van der Waals surface area contributed by atoms with E-state index in [9.17, 15) is 29.1 Å². The summed E-state index contributed by atoms with van der Waals surface area (Å²) in [5.74, 6) is -3.53.